The lowest BCUT2D eigenvalue weighted by Crippen LogP contribution is -2.38. The Hall–Kier alpha value is -1.69. The van der Waals surface area contributed by atoms with Crippen LogP contribution >= 0.6 is 0 Å². The van der Waals surface area contributed by atoms with Crippen LogP contribution in [0.15, 0.2) is 18.7 Å². The second-order valence-electron chi connectivity index (χ2n) is 3.03. The highest BCUT2D eigenvalue weighted by molar-refractivity contribution is 5.78. The molecule has 0 spiro atoms. The van der Waals surface area contributed by atoms with Crippen LogP contribution in [0.2, 0.25) is 0 Å². The largest absolute Gasteiger partial charge is 0.333 e. The van der Waals surface area contributed by atoms with E-state index in [0.29, 0.717) is 19.4 Å². The van der Waals surface area contributed by atoms with Crippen molar-refractivity contribution in [2.75, 3.05) is 19.6 Å². The predicted molar refractivity (Wildman–Crippen MR) is 53.9 cm³/mol. The van der Waals surface area contributed by atoms with Crippen LogP contribution in [0.25, 0.3) is 0 Å². The van der Waals surface area contributed by atoms with Crippen LogP contribution < -0.4 is 5.73 Å². The van der Waals surface area contributed by atoms with Gasteiger partial charge in [0.25, 0.3) is 0 Å². The third-order valence-electron chi connectivity index (χ3n) is 1.92. The molecule has 0 unspecified atom stereocenters. The second-order valence-corrected chi connectivity index (χ2v) is 3.03. The first kappa shape index (κ1) is 11.4. The molecule has 0 saturated carbocycles. The molecule has 6 heteroatoms. The summed E-state index contributed by atoms with van der Waals surface area (Å²) in [6.45, 7) is 1.02. The summed E-state index contributed by atoms with van der Waals surface area (Å²) in [6, 6.07) is 0. The van der Waals surface area contributed by atoms with E-state index >= 15 is 0 Å². The summed E-state index contributed by atoms with van der Waals surface area (Å²) in [5.41, 5.74) is 5.34. The van der Waals surface area contributed by atoms with Crippen LogP contribution in [-0.4, -0.2) is 46.3 Å². The van der Waals surface area contributed by atoms with Crippen molar-refractivity contribution in [2.24, 2.45) is 5.73 Å². The first-order valence-corrected chi connectivity index (χ1v) is 4.65. The Morgan fingerprint density at radius 1 is 1.60 bits per heavy atom. The molecule has 1 aromatic rings. The Bertz CT molecular complexity index is 310. The van der Waals surface area contributed by atoms with E-state index in [1.54, 1.807) is 23.3 Å². The lowest BCUT2D eigenvalue weighted by atomic mass is 10.4. The van der Waals surface area contributed by atoms with Crippen molar-refractivity contribution in [1.82, 2.24) is 14.5 Å². The molecule has 0 fully saturated rings. The number of nitrogens with two attached hydrogens (primary N) is 1. The number of imidazole rings is 1. The van der Waals surface area contributed by atoms with E-state index in [1.165, 1.54) is 4.90 Å². The Morgan fingerprint density at radius 2 is 2.40 bits per heavy atom. The fourth-order valence-electron chi connectivity index (χ4n) is 1.20. The summed E-state index contributed by atoms with van der Waals surface area (Å²) in [4.78, 5) is 27.2. The maximum atomic E-state index is 11.7. The summed E-state index contributed by atoms with van der Waals surface area (Å²) in [6.07, 6.45) is 5.54. The first-order valence-electron chi connectivity index (χ1n) is 4.65. The van der Waals surface area contributed by atoms with E-state index in [4.69, 9.17) is 5.73 Å². The number of carbonyl (C=O) groups excluding carboxylic acids is 2. The molecule has 0 aliphatic heterocycles. The third kappa shape index (κ3) is 3.51. The Kier molecular flexibility index (Phi) is 4.49. The fourth-order valence-corrected chi connectivity index (χ4v) is 1.20. The van der Waals surface area contributed by atoms with Gasteiger partial charge in [-0.15, -0.1) is 0 Å². The normalized spacial score (nSPS) is 9.93. The minimum Gasteiger partial charge on any atom is -0.333 e. The van der Waals surface area contributed by atoms with Gasteiger partial charge in [0.05, 0.1) is 12.9 Å². The molecule has 1 heterocycles. The summed E-state index contributed by atoms with van der Waals surface area (Å²) in [7, 11) is 0. The number of nitrogens with zero attached hydrogens (tertiary/aromatic N) is 3. The molecule has 1 aromatic heterocycles. The summed E-state index contributed by atoms with van der Waals surface area (Å²) in [5.74, 6) is -0.134. The van der Waals surface area contributed by atoms with Crippen molar-refractivity contribution in [2.45, 2.75) is 6.54 Å². The highest BCUT2D eigenvalue weighted by Gasteiger charge is 2.11. The minimum atomic E-state index is -0.134. The summed E-state index contributed by atoms with van der Waals surface area (Å²) >= 11 is 0. The van der Waals surface area contributed by atoms with Gasteiger partial charge in [-0.1, -0.05) is 0 Å². The predicted octanol–water partition coefficient (Wildman–Crippen LogP) is -1.13. The molecule has 6 nitrogen and oxygen atoms in total. The van der Waals surface area contributed by atoms with Crippen molar-refractivity contribution < 1.29 is 9.59 Å². The highest BCUT2D eigenvalue weighted by atomic mass is 16.2. The van der Waals surface area contributed by atoms with Crippen molar-refractivity contribution in [3.63, 3.8) is 0 Å². The average Bonchev–Trinajstić information content (AvgIpc) is 2.70. The van der Waals surface area contributed by atoms with Gasteiger partial charge in [-0.2, -0.15) is 0 Å². The molecule has 0 bridgehead atoms. The zero-order valence-electron chi connectivity index (χ0n) is 8.37. The molecule has 0 aliphatic carbocycles. The SMILES string of the molecule is NCCN(CC=O)C(=O)Cn1ccnc1. The quantitative estimate of drug-likeness (QED) is 0.602. The Labute approximate surface area is 87.7 Å². The molecule has 82 valence electrons. The molecule has 15 heavy (non-hydrogen) atoms. The van der Waals surface area contributed by atoms with Crippen molar-refractivity contribution in [3.05, 3.63) is 18.7 Å². The first-order chi connectivity index (χ1) is 7.27. The van der Waals surface area contributed by atoms with Crippen LogP contribution in [0.1, 0.15) is 0 Å². The molecule has 0 atom stereocenters. The maximum Gasteiger partial charge on any atom is 0.242 e. The molecule has 1 amide bonds. The molecule has 0 aliphatic rings. The van der Waals surface area contributed by atoms with Crippen molar-refractivity contribution in [3.8, 4) is 0 Å². The van der Waals surface area contributed by atoms with Crippen LogP contribution in [-0.2, 0) is 16.1 Å². The van der Waals surface area contributed by atoms with E-state index in [1.807, 2.05) is 0 Å². The fraction of sp³-hybridized carbons (Fsp3) is 0.444. The smallest absolute Gasteiger partial charge is 0.242 e. The topological polar surface area (TPSA) is 81.2 Å². The van der Waals surface area contributed by atoms with Gasteiger partial charge < -0.3 is 20.0 Å². The standard InChI is InChI=1S/C9H14N4O2/c10-1-3-13(5-6-14)9(15)7-12-4-2-11-8-12/h2,4,6,8H,1,3,5,7,10H2. The summed E-state index contributed by atoms with van der Waals surface area (Å²) in [5, 5.41) is 0. The van der Waals surface area contributed by atoms with Gasteiger partial charge in [0.1, 0.15) is 12.8 Å². The number of amides is 1. The number of hydrogen-bond acceptors (Lipinski definition) is 4. The second kappa shape index (κ2) is 5.92. The van der Waals surface area contributed by atoms with E-state index in [9.17, 15) is 9.59 Å². The van der Waals surface area contributed by atoms with Gasteiger partial charge in [0.2, 0.25) is 5.91 Å². The molecule has 0 radical (unpaired) electrons. The Morgan fingerprint density at radius 3 is 2.93 bits per heavy atom. The van der Waals surface area contributed by atoms with Crippen LogP contribution in [0.3, 0.4) is 0 Å². The minimum absolute atomic E-state index is 0.0880. The molecule has 2 N–H and O–H groups in total. The van der Waals surface area contributed by atoms with Gasteiger partial charge in [-0.3, -0.25) is 4.79 Å². The number of aromatic nitrogens is 2. The van der Waals surface area contributed by atoms with E-state index in [2.05, 4.69) is 4.98 Å². The molecule has 0 saturated heterocycles. The zero-order valence-corrected chi connectivity index (χ0v) is 8.37. The molecular weight excluding hydrogens is 196 g/mol. The molecule has 0 aromatic carbocycles. The lowest BCUT2D eigenvalue weighted by molar-refractivity contribution is -0.133. The van der Waals surface area contributed by atoms with Crippen LogP contribution in [0.4, 0.5) is 0 Å². The number of hydrogen-bond donors (Lipinski definition) is 1. The maximum absolute atomic E-state index is 11.7. The van der Waals surface area contributed by atoms with Gasteiger partial charge in [-0.25, -0.2) is 4.98 Å². The van der Waals surface area contributed by atoms with Gasteiger partial charge in [-0.05, 0) is 0 Å². The van der Waals surface area contributed by atoms with Crippen LogP contribution in [0.5, 0.6) is 0 Å². The average molecular weight is 210 g/mol. The summed E-state index contributed by atoms with van der Waals surface area (Å²) < 4.78 is 1.65. The van der Waals surface area contributed by atoms with Crippen LogP contribution in [0, 0.1) is 0 Å². The molecule has 1 rings (SSSR count). The third-order valence-corrected chi connectivity index (χ3v) is 1.92. The van der Waals surface area contributed by atoms with Crippen molar-refractivity contribution >= 4 is 12.2 Å². The number of aldehydes is 1. The number of rotatable bonds is 6. The molecular formula is C9H14N4O2. The van der Waals surface area contributed by atoms with E-state index in [0.717, 1.165) is 0 Å². The van der Waals surface area contributed by atoms with E-state index in [-0.39, 0.29) is 19.0 Å². The monoisotopic (exact) mass is 210 g/mol. The Balaban J connectivity index is 2.52. The van der Waals surface area contributed by atoms with Gasteiger partial charge in [0, 0.05) is 25.5 Å². The van der Waals surface area contributed by atoms with E-state index < -0.39 is 0 Å². The highest BCUT2D eigenvalue weighted by Crippen LogP contribution is 1.93. The van der Waals surface area contributed by atoms with Crippen molar-refractivity contribution in [1.29, 1.82) is 0 Å². The zero-order chi connectivity index (χ0) is 11.1. The number of carbonyl (C=O) groups is 2. The van der Waals surface area contributed by atoms with Gasteiger partial charge in [0.15, 0.2) is 0 Å². The lowest BCUT2D eigenvalue weighted by Gasteiger charge is -2.19. The van der Waals surface area contributed by atoms with Gasteiger partial charge >= 0.3 is 0 Å².